The summed E-state index contributed by atoms with van der Waals surface area (Å²) in [5, 5.41) is 0. The van der Waals surface area contributed by atoms with E-state index in [4.69, 9.17) is 4.42 Å². The highest BCUT2D eigenvalue weighted by molar-refractivity contribution is 5.95. The van der Waals surface area contributed by atoms with Gasteiger partial charge in [-0.25, -0.2) is 0 Å². The van der Waals surface area contributed by atoms with Gasteiger partial charge >= 0.3 is 6.18 Å². The van der Waals surface area contributed by atoms with Crippen LogP contribution in [0.2, 0.25) is 0 Å². The number of hydrogen-bond acceptors (Lipinski definition) is 3. The van der Waals surface area contributed by atoms with Crippen LogP contribution in [0.15, 0.2) is 34.7 Å². The zero-order valence-corrected chi connectivity index (χ0v) is 14.1. The van der Waals surface area contributed by atoms with Gasteiger partial charge in [0.1, 0.15) is 11.5 Å². The molecule has 1 aliphatic rings. The van der Waals surface area contributed by atoms with Gasteiger partial charge in [-0.05, 0) is 38.1 Å². The number of halogens is 3. The second-order valence-electron chi connectivity index (χ2n) is 6.15. The molecule has 0 aliphatic carbocycles. The molecule has 0 saturated carbocycles. The molecule has 0 N–H and O–H groups in total. The highest BCUT2D eigenvalue weighted by Crippen LogP contribution is 2.32. The van der Waals surface area contributed by atoms with E-state index in [-0.39, 0.29) is 5.91 Å². The van der Waals surface area contributed by atoms with Crippen molar-refractivity contribution in [1.29, 1.82) is 0 Å². The molecule has 2 aromatic rings. The molecule has 1 aliphatic heterocycles. The van der Waals surface area contributed by atoms with Crippen LogP contribution in [0.4, 0.5) is 18.9 Å². The number of hydrogen-bond donors (Lipinski definition) is 0. The van der Waals surface area contributed by atoms with Gasteiger partial charge in [-0.15, -0.1) is 0 Å². The van der Waals surface area contributed by atoms with Gasteiger partial charge in [0, 0.05) is 31.9 Å². The number of carbonyl (C=O) groups excluding carboxylic acids is 1. The van der Waals surface area contributed by atoms with Crippen molar-refractivity contribution in [2.24, 2.45) is 0 Å². The zero-order chi connectivity index (χ0) is 18.2. The molecule has 0 unspecified atom stereocenters. The first kappa shape index (κ1) is 17.4. The van der Waals surface area contributed by atoms with E-state index in [0.29, 0.717) is 49.0 Å². The third kappa shape index (κ3) is 3.65. The van der Waals surface area contributed by atoms with Crippen LogP contribution in [-0.4, -0.2) is 37.0 Å². The van der Waals surface area contributed by atoms with E-state index >= 15 is 0 Å². The van der Waals surface area contributed by atoms with Crippen LogP contribution in [0.3, 0.4) is 0 Å². The van der Waals surface area contributed by atoms with Crippen molar-refractivity contribution >= 4 is 11.6 Å². The number of amides is 1. The van der Waals surface area contributed by atoms with Gasteiger partial charge < -0.3 is 14.2 Å². The van der Waals surface area contributed by atoms with Crippen LogP contribution in [0.25, 0.3) is 0 Å². The first-order chi connectivity index (χ1) is 11.8. The molecule has 3 rings (SSSR count). The fourth-order valence-corrected chi connectivity index (χ4v) is 3.06. The molecule has 1 saturated heterocycles. The number of piperazine rings is 1. The summed E-state index contributed by atoms with van der Waals surface area (Å²) in [6, 6.07) is 7.01. The standard InChI is InChI=1S/C18H19F3N2O2/c1-12-10-16(13(2)25-12)17(24)23-8-6-22(7-9-23)15-5-3-4-14(11-15)18(19,20)21/h3-5,10-11H,6-9H2,1-2H3. The predicted molar refractivity (Wildman–Crippen MR) is 87.7 cm³/mol. The minimum atomic E-state index is -4.36. The Labute approximate surface area is 143 Å². The molecular formula is C18H19F3N2O2. The lowest BCUT2D eigenvalue weighted by atomic mass is 10.1. The number of carbonyl (C=O) groups is 1. The summed E-state index contributed by atoms with van der Waals surface area (Å²) in [6.45, 7) is 5.43. The summed E-state index contributed by atoms with van der Waals surface area (Å²) in [5.74, 6) is 1.17. The maximum Gasteiger partial charge on any atom is 0.416 e. The summed E-state index contributed by atoms with van der Waals surface area (Å²) in [7, 11) is 0. The van der Waals surface area contributed by atoms with E-state index in [2.05, 4.69) is 0 Å². The van der Waals surface area contributed by atoms with Crippen molar-refractivity contribution in [3.63, 3.8) is 0 Å². The first-order valence-corrected chi connectivity index (χ1v) is 8.04. The fraction of sp³-hybridized carbons (Fsp3) is 0.389. The smallest absolute Gasteiger partial charge is 0.416 e. The molecular weight excluding hydrogens is 333 g/mol. The summed E-state index contributed by atoms with van der Waals surface area (Å²) in [4.78, 5) is 16.1. The van der Waals surface area contributed by atoms with Crippen LogP contribution < -0.4 is 4.90 Å². The Bertz CT molecular complexity index is 775. The Balaban J connectivity index is 1.68. The Morgan fingerprint density at radius 3 is 2.32 bits per heavy atom. The third-order valence-corrected chi connectivity index (χ3v) is 4.38. The van der Waals surface area contributed by atoms with Crippen molar-refractivity contribution in [2.45, 2.75) is 20.0 Å². The summed E-state index contributed by atoms with van der Waals surface area (Å²) < 4.78 is 43.9. The van der Waals surface area contributed by atoms with Crippen LogP contribution in [0, 0.1) is 13.8 Å². The van der Waals surface area contributed by atoms with E-state index in [1.165, 1.54) is 6.07 Å². The number of furan rings is 1. The summed E-state index contributed by atoms with van der Waals surface area (Å²) in [5.41, 5.74) is 0.412. The summed E-state index contributed by atoms with van der Waals surface area (Å²) in [6.07, 6.45) is -4.36. The second kappa shape index (κ2) is 6.46. The van der Waals surface area contributed by atoms with E-state index in [0.717, 1.165) is 12.1 Å². The monoisotopic (exact) mass is 352 g/mol. The molecule has 134 valence electrons. The molecule has 1 aromatic carbocycles. The van der Waals surface area contributed by atoms with Crippen molar-refractivity contribution < 1.29 is 22.4 Å². The molecule has 2 heterocycles. The van der Waals surface area contributed by atoms with E-state index in [1.54, 1.807) is 30.9 Å². The van der Waals surface area contributed by atoms with Gasteiger partial charge in [-0.1, -0.05) is 6.07 Å². The number of benzene rings is 1. The average Bonchev–Trinajstić information content (AvgIpc) is 2.92. The Kier molecular flexibility index (Phi) is 4.49. The molecule has 1 amide bonds. The first-order valence-electron chi connectivity index (χ1n) is 8.04. The highest BCUT2D eigenvalue weighted by Gasteiger charge is 2.31. The minimum Gasteiger partial charge on any atom is -0.466 e. The molecule has 25 heavy (non-hydrogen) atoms. The highest BCUT2D eigenvalue weighted by atomic mass is 19.4. The average molecular weight is 352 g/mol. The van der Waals surface area contributed by atoms with Crippen LogP contribution in [0.5, 0.6) is 0 Å². The van der Waals surface area contributed by atoms with Gasteiger partial charge in [0.15, 0.2) is 0 Å². The van der Waals surface area contributed by atoms with Crippen molar-refractivity contribution in [1.82, 2.24) is 4.90 Å². The van der Waals surface area contributed by atoms with E-state index in [1.807, 2.05) is 4.90 Å². The predicted octanol–water partition coefficient (Wildman–Crippen LogP) is 3.88. The normalized spacial score (nSPS) is 15.6. The largest absolute Gasteiger partial charge is 0.466 e. The lowest BCUT2D eigenvalue weighted by Crippen LogP contribution is -2.48. The molecule has 4 nitrogen and oxygen atoms in total. The number of rotatable bonds is 2. The molecule has 1 fully saturated rings. The molecule has 0 radical (unpaired) electrons. The molecule has 0 bridgehead atoms. The Morgan fingerprint density at radius 1 is 1.08 bits per heavy atom. The minimum absolute atomic E-state index is 0.0990. The maximum absolute atomic E-state index is 12.9. The Hall–Kier alpha value is -2.44. The topological polar surface area (TPSA) is 36.7 Å². The van der Waals surface area contributed by atoms with Gasteiger partial charge in [-0.3, -0.25) is 4.79 Å². The number of alkyl halides is 3. The van der Waals surface area contributed by atoms with Crippen molar-refractivity contribution in [2.75, 3.05) is 31.1 Å². The number of anilines is 1. The van der Waals surface area contributed by atoms with E-state index in [9.17, 15) is 18.0 Å². The molecule has 0 atom stereocenters. The summed E-state index contributed by atoms with van der Waals surface area (Å²) >= 11 is 0. The lowest BCUT2D eigenvalue weighted by molar-refractivity contribution is -0.137. The van der Waals surface area contributed by atoms with Crippen LogP contribution >= 0.6 is 0 Å². The van der Waals surface area contributed by atoms with Crippen molar-refractivity contribution in [3.8, 4) is 0 Å². The number of aryl methyl sites for hydroxylation is 2. The lowest BCUT2D eigenvalue weighted by Gasteiger charge is -2.36. The van der Waals surface area contributed by atoms with Crippen LogP contribution in [-0.2, 0) is 6.18 Å². The van der Waals surface area contributed by atoms with E-state index < -0.39 is 11.7 Å². The fourth-order valence-electron chi connectivity index (χ4n) is 3.06. The maximum atomic E-state index is 12.9. The molecule has 0 spiro atoms. The molecule has 7 heteroatoms. The zero-order valence-electron chi connectivity index (χ0n) is 14.1. The van der Waals surface area contributed by atoms with Gasteiger partial charge in [0.2, 0.25) is 0 Å². The second-order valence-corrected chi connectivity index (χ2v) is 6.15. The van der Waals surface area contributed by atoms with Gasteiger partial charge in [-0.2, -0.15) is 13.2 Å². The molecule has 1 aromatic heterocycles. The van der Waals surface area contributed by atoms with Crippen molar-refractivity contribution in [3.05, 3.63) is 53.0 Å². The number of nitrogens with zero attached hydrogens (tertiary/aromatic N) is 2. The quantitative estimate of drug-likeness (QED) is 0.823. The Morgan fingerprint density at radius 2 is 1.76 bits per heavy atom. The SMILES string of the molecule is Cc1cc(C(=O)N2CCN(c3cccc(C(F)(F)F)c3)CC2)c(C)o1. The van der Waals surface area contributed by atoms with Crippen LogP contribution in [0.1, 0.15) is 27.4 Å². The van der Waals surface area contributed by atoms with Gasteiger partial charge in [0.05, 0.1) is 11.1 Å². The van der Waals surface area contributed by atoms with Gasteiger partial charge in [0.25, 0.3) is 5.91 Å². The third-order valence-electron chi connectivity index (χ3n) is 4.38.